The van der Waals surface area contributed by atoms with E-state index >= 15 is 0 Å². The molecule has 0 aliphatic rings. The van der Waals surface area contributed by atoms with Crippen molar-refractivity contribution in [3.05, 3.63) is 18.0 Å². The second kappa shape index (κ2) is 6.40. The minimum atomic E-state index is 0.137. The summed E-state index contributed by atoms with van der Waals surface area (Å²) in [6.45, 7) is 9.84. The first-order chi connectivity index (χ1) is 6.18. The molecule has 0 bridgehead atoms. The zero-order valence-corrected chi connectivity index (χ0v) is 9.03. The number of hydrogen-bond acceptors (Lipinski definition) is 3. The van der Waals surface area contributed by atoms with Gasteiger partial charge in [0.15, 0.2) is 0 Å². The fourth-order valence-electron chi connectivity index (χ4n) is 0.652. The van der Waals surface area contributed by atoms with Crippen LogP contribution in [0.3, 0.4) is 0 Å². The van der Waals surface area contributed by atoms with E-state index in [1.165, 1.54) is 0 Å². The van der Waals surface area contributed by atoms with Crippen LogP contribution < -0.4 is 4.74 Å². The Morgan fingerprint density at radius 1 is 1.15 bits per heavy atom. The lowest BCUT2D eigenvalue weighted by Crippen LogP contribution is -2.08. The minimum Gasteiger partial charge on any atom is -0.461 e. The zero-order valence-electron chi connectivity index (χ0n) is 9.03. The van der Waals surface area contributed by atoms with Crippen LogP contribution in [0.2, 0.25) is 0 Å². The molecule has 0 saturated carbocycles. The molecule has 0 radical (unpaired) electrons. The molecule has 3 heteroatoms. The number of aryl methyl sites for hydroxylation is 1. The van der Waals surface area contributed by atoms with Gasteiger partial charge in [-0.15, -0.1) is 0 Å². The molecule has 3 nitrogen and oxygen atoms in total. The second-order valence-corrected chi connectivity index (χ2v) is 2.71. The molecule has 0 saturated heterocycles. The fraction of sp³-hybridized carbons (Fsp3) is 0.600. The van der Waals surface area contributed by atoms with Gasteiger partial charge in [-0.3, -0.25) is 0 Å². The Morgan fingerprint density at radius 2 is 1.62 bits per heavy atom. The summed E-state index contributed by atoms with van der Waals surface area (Å²) in [5.41, 5.74) is 1.04. The maximum atomic E-state index is 5.25. The Hall–Kier alpha value is -1.12. The summed E-state index contributed by atoms with van der Waals surface area (Å²) in [5, 5.41) is 0. The van der Waals surface area contributed by atoms with E-state index in [0.29, 0.717) is 6.01 Å². The molecular weight excluding hydrogens is 164 g/mol. The molecule has 0 amide bonds. The van der Waals surface area contributed by atoms with Crippen LogP contribution in [0.15, 0.2) is 12.4 Å². The highest BCUT2D eigenvalue weighted by molar-refractivity contribution is 5.04. The first-order valence-electron chi connectivity index (χ1n) is 4.64. The third-order valence-electron chi connectivity index (χ3n) is 1.10. The Morgan fingerprint density at radius 3 is 2.00 bits per heavy atom. The Labute approximate surface area is 80.2 Å². The summed E-state index contributed by atoms with van der Waals surface area (Å²) in [6.07, 6.45) is 3.62. The van der Waals surface area contributed by atoms with Crippen molar-refractivity contribution in [3.8, 4) is 6.01 Å². The van der Waals surface area contributed by atoms with Crippen molar-refractivity contribution >= 4 is 0 Å². The lowest BCUT2D eigenvalue weighted by Gasteiger charge is -2.05. The second-order valence-electron chi connectivity index (χ2n) is 2.71. The van der Waals surface area contributed by atoms with Gasteiger partial charge in [0.2, 0.25) is 0 Å². The standard InChI is InChI=1S/C8H12N2O.C2H6/c1-6(2)11-8-9-4-7(3)5-10-8;1-2/h4-6H,1-3H3;1-2H3. The Kier molecular flexibility index (Phi) is 5.85. The van der Waals surface area contributed by atoms with E-state index in [0.717, 1.165) is 5.56 Å². The van der Waals surface area contributed by atoms with Gasteiger partial charge < -0.3 is 4.74 Å². The predicted molar refractivity (Wildman–Crippen MR) is 53.9 cm³/mol. The van der Waals surface area contributed by atoms with Crippen LogP contribution in [-0.2, 0) is 0 Å². The molecule has 0 N–H and O–H groups in total. The smallest absolute Gasteiger partial charge is 0.316 e. The summed E-state index contributed by atoms with van der Waals surface area (Å²) in [7, 11) is 0. The van der Waals surface area contributed by atoms with E-state index in [9.17, 15) is 0 Å². The Bertz CT molecular complexity index is 219. The van der Waals surface area contributed by atoms with Gasteiger partial charge in [0.25, 0.3) is 0 Å². The van der Waals surface area contributed by atoms with Crippen LogP contribution in [0, 0.1) is 6.92 Å². The van der Waals surface area contributed by atoms with E-state index in [1.54, 1.807) is 12.4 Å². The largest absolute Gasteiger partial charge is 0.461 e. The molecule has 1 rings (SSSR count). The SMILES string of the molecule is CC.Cc1cnc(OC(C)C)nc1. The van der Waals surface area contributed by atoms with Crippen molar-refractivity contribution in [2.45, 2.75) is 40.7 Å². The quantitative estimate of drug-likeness (QED) is 0.705. The maximum absolute atomic E-state index is 5.25. The third-order valence-corrected chi connectivity index (χ3v) is 1.10. The van der Waals surface area contributed by atoms with Gasteiger partial charge >= 0.3 is 6.01 Å². The fourth-order valence-corrected chi connectivity index (χ4v) is 0.652. The normalized spacial score (nSPS) is 9.08. The van der Waals surface area contributed by atoms with Crippen molar-refractivity contribution in [3.63, 3.8) is 0 Å². The highest BCUT2D eigenvalue weighted by atomic mass is 16.5. The molecule has 0 aliphatic heterocycles. The van der Waals surface area contributed by atoms with Gasteiger partial charge in [-0.05, 0) is 26.3 Å². The van der Waals surface area contributed by atoms with Crippen molar-refractivity contribution in [2.24, 2.45) is 0 Å². The van der Waals surface area contributed by atoms with Gasteiger partial charge in [0.1, 0.15) is 0 Å². The van der Waals surface area contributed by atoms with Crippen LogP contribution in [0.5, 0.6) is 6.01 Å². The maximum Gasteiger partial charge on any atom is 0.316 e. The number of ether oxygens (including phenoxy) is 1. The first kappa shape index (κ1) is 11.9. The average molecular weight is 182 g/mol. The molecule has 0 fully saturated rings. The van der Waals surface area contributed by atoms with E-state index < -0.39 is 0 Å². The molecule has 13 heavy (non-hydrogen) atoms. The van der Waals surface area contributed by atoms with Crippen molar-refractivity contribution < 1.29 is 4.74 Å². The topological polar surface area (TPSA) is 35.0 Å². The summed E-state index contributed by atoms with van der Waals surface area (Å²) < 4.78 is 5.25. The molecule has 0 atom stereocenters. The summed E-state index contributed by atoms with van der Waals surface area (Å²) in [4.78, 5) is 7.97. The van der Waals surface area contributed by atoms with E-state index in [1.807, 2.05) is 34.6 Å². The molecule has 0 aromatic carbocycles. The van der Waals surface area contributed by atoms with Gasteiger partial charge in [-0.25, -0.2) is 9.97 Å². The lowest BCUT2D eigenvalue weighted by molar-refractivity contribution is 0.222. The molecule has 74 valence electrons. The van der Waals surface area contributed by atoms with Gasteiger partial charge in [-0.1, -0.05) is 13.8 Å². The molecular formula is C10H18N2O. The summed E-state index contributed by atoms with van der Waals surface area (Å²) in [5.74, 6) is 0. The highest BCUT2D eigenvalue weighted by Crippen LogP contribution is 2.03. The first-order valence-corrected chi connectivity index (χ1v) is 4.64. The van der Waals surface area contributed by atoms with Crippen molar-refractivity contribution in [2.75, 3.05) is 0 Å². The number of hydrogen-bond donors (Lipinski definition) is 0. The van der Waals surface area contributed by atoms with Crippen LogP contribution in [0.4, 0.5) is 0 Å². The lowest BCUT2D eigenvalue weighted by atomic mass is 10.4. The van der Waals surface area contributed by atoms with Crippen LogP contribution in [0.25, 0.3) is 0 Å². The van der Waals surface area contributed by atoms with Crippen LogP contribution in [0.1, 0.15) is 33.3 Å². The molecule has 1 heterocycles. The van der Waals surface area contributed by atoms with E-state index in [-0.39, 0.29) is 6.10 Å². The molecule has 1 aromatic heterocycles. The van der Waals surface area contributed by atoms with Crippen molar-refractivity contribution in [1.29, 1.82) is 0 Å². The predicted octanol–water partition coefficient (Wildman–Crippen LogP) is 2.60. The minimum absolute atomic E-state index is 0.137. The van der Waals surface area contributed by atoms with E-state index in [2.05, 4.69) is 9.97 Å². The zero-order chi connectivity index (χ0) is 10.3. The van der Waals surface area contributed by atoms with Gasteiger partial charge in [-0.2, -0.15) is 0 Å². The summed E-state index contributed by atoms with van der Waals surface area (Å²) in [6, 6.07) is 0.450. The number of rotatable bonds is 2. The number of aromatic nitrogens is 2. The summed E-state index contributed by atoms with van der Waals surface area (Å²) >= 11 is 0. The van der Waals surface area contributed by atoms with Crippen LogP contribution >= 0.6 is 0 Å². The highest BCUT2D eigenvalue weighted by Gasteiger charge is 1.98. The molecule has 0 unspecified atom stereocenters. The van der Waals surface area contributed by atoms with Gasteiger partial charge in [0.05, 0.1) is 6.10 Å². The van der Waals surface area contributed by atoms with Gasteiger partial charge in [0, 0.05) is 12.4 Å². The molecule has 0 spiro atoms. The van der Waals surface area contributed by atoms with E-state index in [4.69, 9.17) is 4.74 Å². The molecule has 0 aliphatic carbocycles. The average Bonchev–Trinajstić information content (AvgIpc) is 2.12. The number of nitrogens with zero attached hydrogens (tertiary/aromatic N) is 2. The Balaban J connectivity index is 0.000000671. The third kappa shape index (κ3) is 5.17. The monoisotopic (exact) mass is 182 g/mol. The molecule has 1 aromatic rings. The van der Waals surface area contributed by atoms with Crippen molar-refractivity contribution in [1.82, 2.24) is 9.97 Å². The van der Waals surface area contributed by atoms with Crippen LogP contribution in [-0.4, -0.2) is 16.1 Å².